The minimum absolute atomic E-state index is 0.0403. The fraction of sp³-hybridized carbons (Fsp3) is 0.600. The van der Waals surface area contributed by atoms with Crippen molar-refractivity contribution >= 4 is 12.0 Å². The van der Waals surface area contributed by atoms with Crippen LogP contribution in [0.25, 0.3) is 0 Å². The molecular formula is C20H28N2O3. The molecule has 1 aromatic carbocycles. The predicted octanol–water partition coefficient (Wildman–Crippen LogP) is 3.58. The lowest BCUT2D eigenvalue weighted by atomic mass is 9.87. The number of hydrogen-bond donors (Lipinski definition) is 1. The van der Waals surface area contributed by atoms with Crippen LogP contribution >= 0.6 is 0 Å². The van der Waals surface area contributed by atoms with Crippen LogP contribution in [-0.2, 0) is 16.0 Å². The van der Waals surface area contributed by atoms with E-state index in [9.17, 15) is 9.59 Å². The number of aryl methyl sites for hydroxylation is 1. The summed E-state index contributed by atoms with van der Waals surface area (Å²) < 4.78 is 5.46. The lowest BCUT2D eigenvalue weighted by Gasteiger charge is -2.31. The number of fused-ring (bicyclic) bond motifs is 1. The summed E-state index contributed by atoms with van der Waals surface area (Å²) in [5.41, 5.74) is 1.97. The molecule has 25 heavy (non-hydrogen) atoms. The van der Waals surface area contributed by atoms with Crippen LogP contribution in [0.1, 0.15) is 63.6 Å². The van der Waals surface area contributed by atoms with Crippen LogP contribution in [0.3, 0.4) is 0 Å². The van der Waals surface area contributed by atoms with Crippen molar-refractivity contribution in [3.63, 3.8) is 0 Å². The first-order chi connectivity index (χ1) is 11.8. The van der Waals surface area contributed by atoms with Crippen molar-refractivity contribution in [3.05, 3.63) is 35.4 Å². The molecule has 0 radical (unpaired) electrons. The minimum atomic E-state index is -0.553. The molecule has 1 aromatic rings. The molecule has 0 saturated carbocycles. The van der Waals surface area contributed by atoms with Crippen molar-refractivity contribution in [1.82, 2.24) is 10.2 Å². The van der Waals surface area contributed by atoms with E-state index in [0.717, 1.165) is 25.7 Å². The second-order valence-corrected chi connectivity index (χ2v) is 7.98. The van der Waals surface area contributed by atoms with E-state index in [1.807, 2.05) is 32.9 Å². The van der Waals surface area contributed by atoms with E-state index in [2.05, 4.69) is 17.4 Å². The number of nitrogens with zero attached hydrogens (tertiary/aromatic N) is 1. The van der Waals surface area contributed by atoms with E-state index >= 15 is 0 Å². The molecule has 0 spiro atoms. The van der Waals surface area contributed by atoms with E-state index in [-0.39, 0.29) is 11.9 Å². The zero-order valence-electron chi connectivity index (χ0n) is 15.4. The van der Waals surface area contributed by atoms with Crippen LogP contribution in [0, 0.1) is 0 Å². The van der Waals surface area contributed by atoms with Gasteiger partial charge < -0.3 is 10.1 Å². The Morgan fingerprint density at radius 2 is 1.92 bits per heavy atom. The molecule has 136 valence electrons. The molecule has 2 amide bonds. The first kappa shape index (κ1) is 17.8. The second-order valence-electron chi connectivity index (χ2n) is 7.98. The molecule has 0 unspecified atom stereocenters. The summed E-state index contributed by atoms with van der Waals surface area (Å²) >= 11 is 0. The maximum Gasteiger partial charge on any atom is 0.410 e. The molecule has 1 heterocycles. The lowest BCUT2D eigenvalue weighted by molar-refractivity contribution is -0.126. The third kappa shape index (κ3) is 4.14. The summed E-state index contributed by atoms with van der Waals surface area (Å²) in [5, 5.41) is 3.18. The number of likely N-dealkylation sites (tertiary alicyclic amines) is 1. The van der Waals surface area contributed by atoms with Gasteiger partial charge in [-0.05, 0) is 64.0 Å². The topological polar surface area (TPSA) is 58.6 Å². The summed E-state index contributed by atoms with van der Waals surface area (Å²) in [5.74, 6) is -0.0648. The monoisotopic (exact) mass is 344 g/mol. The minimum Gasteiger partial charge on any atom is -0.444 e. The molecule has 5 heteroatoms. The molecule has 2 aliphatic rings. The maximum atomic E-state index is 12.8. The van der Waals surface area contributed by atoms with Crippen molar-refractivity contribution in [1.29, 1.82) is 0 Å². The molecule has 1 N–H and O–H groups in total. The summed E-state index contributed by atoms with van der Waals surface area (Å²) in [4.78, 5) is 26.8. The zero-order chi connectivity index (χ0) is 18.0. The zero-order valence-corrected chi connectivity index (χ0v) is 15.4. The molecule has 1 fully saturated rings. The molecule has 5 nitrogen and oxygen atoms in total. The Morgan fingerprint density at radius 3 is 2.68 bits per heavy atom. The standard InChI is InChI=1S/C20H28N2O3/c1-20(2,3)25-19(24)22-13-7-12-17(22)18(23)21-16-11-6-9-14-8-4-5-10-15(14)16/h4-5,8,10,16-17H,6-7,9,11-13H2,1-3H3,(H,21,23)/t16-,17+/m1/s1. The van der Waals surface area contributed by atoms with Gasteiger partial charge in [-0.3, -0.25) is 9.69 Å². The number of ether oxygens (including phenoxy) is 1. The van der Waals surface area contributed by atoms with Gasteiger partial charge in [0, 0.05) is 6.54 Å². The van der Waals surface area contributed by atoms with Gasteiger partial charge in [0.05, 0.1) is 6.04 Å². The van der Waals surface area contributed by atoms with Crippen molar-refractivity contribution < 1.29 is 14.3 Å². The van der Waals surface area contributed by atoms with Crippen molar-refractivity contribution in [2.24, 2.45) is 0 Å². The molecular weight excluding hydrogens is 316 g/mol. The highest BCUT2D eigenvalue weighted by atomic mass is 16.6. The van der Waals surface area contributed by atoms with E-state index in [0.29, 0.717) is 13.0 Å². The molecule has 3 rings (SSSR count). The smallest absolute Gasteiger partial charge is 0.410 e. The molecule has 2 atom stereocenters. The van der Waals surface area contributed by atoms with Crippen LogP contribution in [0.4, 0.5) is 4.79 Å². The average molecular weight is 344 g/mol. The Balaban J connectivity index is 1.68. The summed E-state index contributed by atoms with van der Waals surface area (Å²) in [7, 11) is 0. The summed E-state index contributed by atoms with van der Waals surface area (Å²) in [6.45, 7) is 6.10. The van der Waals surface area contributed by atoms with Gasteiger partial charge in [-0.1, -0.05) is 24.3 Å². The van der Waals surface area contributed by atoms with Gasteiger partial charge in [-0.2, -0.15) is 0 Å². The Bertz CT molecular complexity index is 651. The number of carbonyl (C=O) groups excluding carboxylic acids is 2. The molecule has 0 aromatic heterocycles. The Hall–Kier alpha value is -2.04. The van der Waals surface area contributed by atoms with Gasteiger partial charge in [0.1, 0.15) is 11.6 Å². The van der Waals surface area contributed by atoms with Crippen molar-refractivity contribution in [2.75, 3.05) is 6.54 Å². The van der Waals surface area contributed by atoms with Gasteiger partial charge in [0.15, 0.2) is 0 Å². The first-order valence-corrected chi connectivity index (χ1v) is 9.23. The second kappa shape index (κ2) is 7.06. The first-order valence-electron chi connectivity index (χ1n) is 9.23. The normalized spacial score (nSPS) is 23.1. The van der Waals surface area contributed by atoms with E-state index in [4.69, 9.17) is 4.74 Å². The van der Waals surface area contributed by atoms with Gasteiger partial charge in [-0.25, -0.2) is 4.79 Å². The molecule has 0 bridgehead atoms. The SMILES string of the molecule is CC(C)(C)OC(=O)N1CCC[C@H]1C(=O)N[C@@H]1CCCc2ccccc21. The number of benzene rings is 1. The number of amides is 2. The number of hydrogen-bond acceptors (Lipinski definition) is 3. The number of nitrogens with one attached hydrogen (secondary N) is 1. The van der Waals surface area contributed by atoms with Gasteiger partial charge in [0.25, 0.3) is 0 Å². The van der Waals surface area contributed by atoms with Gasteiger partial charge in [0.2, 0.25) is 5.91 Å². The van der Waals surface area contributed by atoms with E-state index in [1.165, 1.54) is 11.1 Å². The fourth-order valence-corrected chi connectivity index (χ4v) is 3.75. The quantitative estimate of drug-likeness (QED) is 0.892. The highest BCUT2D eigenvalue weighted by molar-refractivity contribution is 5.86. The van der Waals surface area contributed by atoms with Gasteiger partial charge >= 0.3 is 6.09 Å². The largest absolute Gasteiger partial charge is 0.444 e. The maximum absolute atomic E-state index is 12.8. The highest BCUT2D eigenvalue weighted by Gasteiger charge is 2.37. The van der Waals surface area contributed by atoms with Crippen molar-refractivity contribution in [3.8, 4) is 0 Å². The van der Waals surface area contributed by atoms with Crippen molar-refractivity contribution in [2.45, 2.75) is 70.6 Å². The number of carbonyl (C=O) groups is 2. The molecule has 1 aliphatic heterocycles. The van der Waals surface area contributed by atoms with Crippen LogP contribution in [0.5, 0.6) is 0 Å². The Labute approximate surface area is 149 Å². The predicted molar refractivity (Wildman–Crippen MR) is 96.2 cm³/mol. The lowest BCUT2D eigenvalue weighted by Crippen LogP contribution is -2.48. The van der Waals surface area contributed by atoms with Crippen LogP contribution in [0.15, 0.2) is 24.3 Å². The fourth-order valence-electron chi connectivity index (χ4n) is 3.75. The van der Waals surface area contributed by atoms with Crippen LogP contribution in [0.2, 0.25) is 0 Å². The third-order valence-corrected chi connectivity index (χ3v) is 4.87. The van der Waals surface area contributed by atoms with Crippen LogP contribution in [-0.4, -0.2) is 35.1 Å². The van der Waals surface area contributed by atoms with Crippen LogP contribution < -0.4 is 5.32 Å². The number of rotatable bonds is 2. The Kier molecular flexibility index (Phi) is 5.02. The summed E-state index contributed by atoms with van der Waals surface area (Å²) in [6, 6.07) is 7.91. The molecule has 1 saturated heterocycles. The molecule has 1 aliphatic carbocycles. The average Bonchev–Trinajstić information content (AvgIpc) is 3.03. The third-order valence-electron chi connectivity index (χ3n) is 4.87. The Morgan fingerprint density at radius 1 is 1.16 bits per heavy atom. The van der Waals surface area contributed by atoms with E-state index < -0.39 is 17.7 Å². The highest BCUT2D eigenvalue weighted by Crippen LogP contribution is 2.30. The van der Waals surface area contributed by atoms with E-state index in [1.54, 1.807) is 4.90 Å². The summed E-state index contributed by atoms with van der Waals surface area (Å²) in [6.07, 6.45) is 4.22. The van der Waals surface area contributed by atoms with Gasteiger partial charge in [-0.15, -0.1) is 0 Å².